The molecule has 0 radical (unpaired) electrons. The molecule has 0 spiro atoms. The number of phenolic OH excluding ortho intramolecular Hbond substituents is 1. The molecule has 0 aliphatic heterocycles. The molecule has 152 valence electrons. The smallest absolute Gasteiger partial charge is 0.317 e. The Kier molecular flexibility index (Phi) is 8.32. The van der Waals surface area contributed by atoms with Gasteiger partial charge in [0.15, 0.2) is 11.5 Å². The highest BCUT2D eigenvalue weighted by Gasteiger charge is 2.32. The summed E-state index contributed by atoms with van der Waals surface area (Å²) in [5, 5.41) is 10.1. The Morgan fingerprint density at radius 2 is 1.56 bits per heavy atom. The van der Waals surface area contributed by atoms with Gasteiger partial charge in [-0.25, -0.2) is 0 Å². The van der Waals surface area contributed by atoms with Crippen LogP contribution in [0.2, 0.25) is 0 Å². The molecule has 1 rings (SSSR count). The third-order valence-electron chi connectivity index (χ3n) is 6.06. The van der Waals surface area contributed by atoms with Gasteiger partial charge in [0.05, 0.1) is 5.41 Å². The van der Waals surface area contributed by atoms with E-state index >= 15 is 0 Å². The van der Waals surface area contributed by atoms with Crippen LogP contribution < -0.4 is 9.47 Å². The zero-order valence-corrected chi connectivity index (χ0v) is 17.6. The topological polar surface area (TPSA) is 72.8 Å². The quantitative estimate of drug-likeness (QED) is 0.421. The first-order valence-electron chi connectivity index (χ1n) is 9.89. The third-order valence-corrected chi connectivity index (χ3v) is 6.06. The van der Waals surface area contributed by atoms with Crippen molar-refractivity contribution in [3.05, 3.63) is 18.2 Å². The third kappa shape index (κ3) is 6.26. The van der Waals surface area contributed by atoms with Crippen LogP contribution in [-0.4, -0.2) is 17.0 Å². The van der Waals surface area contributed by atoms with E-state index < -0.39 is 5.41 Å². The van der Waals surface area contributed by atoms with Crippen LogP contribution in [0.15, 0.2) is 18.2 Å². The van der Waals surface area contributed by atoms with Gasteiger partial charge in [-0.05, 0) is 43.7 Å². The van der Waals surface area contributed by atoms with Gasteiger partial charge in [-0.2, -0.15) is 0 Å². The first-order chi connectivity index (χ1) is 12.6. The maximum atomic E-state index is 12.3. The van der Waals surface area contributed by atoms with E-state index in [1.807, 2.05) is 20.8 Å². The van der Waals surface area contributed by atoms with Gasteiger partial charge in [0.1, 0.15) is 5.75 Å². The number of esters is 2. The Balaban J connectivity index is 2.73. The number of hydrogen-bond acceptors (Lipinski definition) is 5. The Morgan fingerprint density at radius 1 is 0.963 bits per heavy atom. The van der Waals surface area contributed by atoms with Gasteiger partial charge in [0.25, 0.3) is 0 Å². The first-order valence-corrected chi connectivity index (χ1v) is 9.89. The fourth-order valence-corrected chi connectivity index (χ4v) is 2.60. The van der Waals surface area contributed by atoms with Crippen LogP contribution in [0.25, 0.3) is 0 Å². The highest BCUT2D eigenvalue weighted by Crippen LogP contribution is 2.35. The lowest BCUT2D eigenvalue weighted by molar-refractivity contribution is -0.145. The number of hydrogen-bond donors (Lipinski definition) is 1. The summed E-state index contributed by atoms with van der Waals surface area (Å²) in [4.78, 5) is 24.4. The van der Waals surface area contributed by atoms with Crippen molar-refractivity contribution < 1.29 is 24.2 Å². The van der Waals surface area contributed by atoms with E-state index in [1.54, 1.807) is 0 Å². The minimum Gasteiger partial charge on any atom is -0.504 e. The van der Waals surface area contributed by atoms with Crippen LogP contribution in [0.3, 0.4) is 0 Å². The predicted octanol–water partition coefficient (Wildman–Crippen LogP) is 5.64. The Hall–Kier alpha value is -2.04. The molecule has 27 heavy (non-hydrogen) atoms. The standard InChI is InChI=1S/C22H34O5/c1-7-21(5,8-2)14-13-19(24)26-16-11-12-18(17(23)15-16)27-20(25)22(6,9-3)10-4/h11-12,15,23H,7-10,13-14H2,1-6H3. The maximum Gasteiger partial charge on any atom is 0.317 e. The zero-order valence-electron chi connectivity index (χ0n) is 17.6. The van der Waals surface area contributed by atoms with Gasteiger partial charge >= 0.3 is 11.9 Å². The molecule has 0 unspecified atom stereocenters. The fourth-order valence-electron chi connectivity index (χ4n) is 2.60. The van der Waals surface area contributed by atoms with Crippen molar-refractivity contribution in [3.63, 3.8) is 0 Å². The summed E-state index contributed by atoms with van der Waals surface area (Å²) < 4.78 is 10.7. The van der Waals surface area contributed by atoms with Crippen LogP contribution in [0.1, 0.15) is 80.1 Å². The molecule has 0 saturated carbocycles. The molecule has 0 fully saturated rings. The molecule has 0 aliphatic carbocycles. The minimum absolute atomic E-state index is 0.0671. The van der Waals surface area contributed by atoms with Crippen LogP contribution in [0, 0.1) is 10.8 Å². The fraction of sp³-hybridized carbons (Fsp3) is 0.636. The monoisotopic (exact) mass is 378 g/mol. The van der Waals surface area contributed by atoms with Gasteiger partial charge in [-0.3, -0.25) is 9.59 Å². The van der Waals surface area contributed by atoms with Crippen LogP contribution in [0.5, 0.6) is 17.2 Å². The highest BCUT2D eigenvalue weighted by atomic mass is 16.5. The predicted molar refractivity (Wildman–Crippen MR) is 106 cm³/mol. The first kappa shape index (κ1) is 23.0. The molecular weight excluding hydrogens is 344 g/mol. The average molecular weight is 379 g/mol. The van der Waals surface area contributed by atoms with Crippen LogP contribution in [0.4, 0.5) is 0 Å². The molecule has 0 heterocycles. The molecule has 5 heteroatoms. The average Bonchev–Trinajstić information content (AvgIpc) is 2.67. The van der Waals surface area contributed by atoms with Crippen LogP contribution in [-0.2, 0) is 9.59 Å². The van der Waals surface area contributed by atoms with Crippen molar-refractivity contribution in [1.29, 1.82) is 0 Å². The second kappa shape index (κ2) is 9.77. The summed E-state index contributed by atoms with van der Waals surface area (Å²) in [6, 6.07) is 4.27. The number of phenols is 1. The summed E-state index contributed by atoms with van der Waals surface area (Å²) in [5.74, 6) is -0.642. The van der Waals surface area contributed by atoms with E-state index in [0.717, 1.165) is 19.3 Å². The minimum atomic E-state index is -0.594. The zero-order chi connectivity index (χ0) is 20.7. The van der Waals surface area contributed by atoms with E-state index in [-0.39, 0.29) is 34.6 Å². The molecule has 1 aromatic carbocycles. The van der Waals surface area contributed by atoms with Crippen molar-refractivity contribution in [1.82, 2.24) is 0 Å². The molecular formula is C22H34O5. The lowest BCUT2D eigenvalue weighted by Gasteiger charge is -2.25. The lowest BCUT2D eigenvalue weighted by Crippen LogP contribution is -2.30. The van der Waals surface area contributed by atoms with Crippen LogP contribution >= 0.6 is 0 Å². The number of rotatable bonds is 10. The number of carbonyl (C=O) groups excluding carboxylic acids is 2. The Labute approximate surface area is 163 Å². The molecule has 1 aromatic rings. The Morgan fingerprint density at radius 3 is 2.04 bits per heavy atom. The summed E-state index contributed by atoms with van der Waals surface area (Å²) in [6.45, 7) is 12.1. The van der Waals surface area contributed by atoms with E-state index in [2.05, 4.69) is 20.8 Å². The number of ether oxygens (including phenoxy) is 2. The SMILES string of the molecule is CCC(C)(CC)CCC(=O)Oc1ccc(OC(=O)C(C)(CC)CC)c(O)c1. The Bertz CT molecular complexity index is 642. The van der Waals surface area contributed by atoms with Gasteiger partial charge in [-0.1, -0.05) is 47.5 Å². The van der Waals surface area contributed by atoms with Gasteiger partial charge in [-0.15, -0.1) is 0 Å². The summed E-state index contributed by atoms with van der Waals surface area (Å²) in [7, 11) is 0. The molecule has 0 atom stereocenters. The van der Waals surface area contributed by atoms with Crippen molar-refractivity contribution in [3.8, 4) is 17.2 Å². The molecule has 0 aromatic heterocycles. The summed E-state index contributed by atoms with van der Waals surface area (Å²) in [6.07, 6.45) is 4.38. The van der Waals surface area contributed by atoms with E-state index in [0.29, 0.717) is 19.3 Å². The van der Waals surface area contributed by atoms with Gasteiger partial charge in [0, 0.05) is 12.5 Å². The van der Waals surface area contributed by atoms with Crippen molar-refractivity contribution >= 4 is 11.9 Å². The number of aromatic hydroxyl groups is 1. The second-order valence-corrected chi connectivity index (χ2v) is 7.78. The van der Waals surface area contributed by atoms with Crippen molar-refractivity contribution in [2.45, 2.75) is 80.1 Å². The highest BCUT2D eigenvalue weighted by molar-refractivity contribution is 5.79. The maximum absolute atomic E-state index is 12.3. The number of benzene rings is 1. The second-order valence-electron chi connectivity index (χ2n) is 7.78. The van der Waals surface area contributed by atoms with Crippen molar-refractivity contribution in [2.24, 2.45) is 10.8 Å². The molecule has 0 aliphatic rings. The van der Waals surface area contributed by atoms with E-state index in [4.69, 9.17) is 9.47 Å². The van der Waals surface area contributed by atoms with E-state index in [1.165, 1.54) is 18.2 Å². The molecule has 0 saturated heterocycles. The normalized spacial score (nSPS) is 11.9. The summed E-state index contributed by atoms with van der Waals surface area (Å²) in [5.41, 5.74) is -0.465. The van der Waals surface area contributed by atoms with E-state index in [9.17, 15) is 14.7 Å². The largest absolute Gasteiger partial charge is 0.504 e. The molecule has 0 amide bonds. The molecule has 1 N–H and O–H groups in total. The molecule has 5 nitrogen and oxygen atoms in total. The molecule has 0 bridgehead atoms. The van der Waals surface area contributed by atoms with Gasteiger partial charge in [0.2, 0.25) is 0 Å². The van der Waals surface area contributed by atoms with Crippen molar-refractivity contribution in [2.75, 3.05) is 0 Å². The summed E-state index contributed by atoms with van der Waals surface area (Å²) >= 11 is 0. The van der Waals surface area contributed by atoms with Gasteiger partial charge < -0.3 is 14.6 Å². The lowest BCUT2D eigenvalue weighted by atomic mass is 9.80. The number of carbonyl (C=O) groups is 2.